The number of ether oxygens (including phenoxy) is 1. The average Bonchev–Trinajstić information content (AvgIpc) is 3.51. The quantitative estimate of drug-likeness (QED) is 0.210. The third-order valence-electron chi connectivity index (χ3n) is 9.98. The molecule has 12 nitrogen and oxygen atoms in total. The van der Waals surface area contributed by atoms with E-state index in [9.17, 15) is 27.9 Å². The van der Waals surface area contributed by atoms with Gasteiger partial charge in [-0.3, -0.25) is 14.5 Å². The lowest BCUT2D eigenvalue weighted by atomic mass is 9.72. The summed E-state index contributed by atoms with van der Waals surface area (Å²) in [6.45, 7) is 11.4. The van der Waals surface area contributed by atoms with Gasteiger partial charge in [-0.1, -0.05) is 49.6 Å². The van der Waals surface area contributed by atoms with Crippen molar-refractivity contribution >= 4 is 44.1 Å². The maximum absolute atomic E-state index is 14.3. The number of likely N-dealkylation sites (tertiary alicyclic amines) is 1. The summed E-state index contributed by atoms with van der Waals surface area (Å²) in [4.78, 5) is 46.5. The van der Waals surface area contributed by atoms with E-state index < -0.39 is 56.2 Å². The Morgan fingerprint density at radius 1 is 1.08 bits per heavy atom. The zero-order chi connectivity index (χ0) is 36.9. The Hall–Kier alpha value is -3.07. The van der Waals surface area contributed by atoms with Gasteiger partial charge in [-0.25, -0.2) is 18.2 Å². The number of aliphatic hydroxyl groups is 1. The molecule has 50 heavy (non-hydrogen) atoms. The summed E-state index contributed by atoms with van der Waals surface area (Å²) in [5.41, 5.74) is 0.493. The first kappa shape index (κ1) is 39.7. The molecular formula is C36H55N5O7S2. The Morgan fingerprint density at radius 3 is 2.36 bits per heavy atom. The second-order valence-corrected chi connectivity index (χ2v) is 18.8. The summed E-state index contributed by atoms with van der Waals surface area (Å²) in [5.74, 6) is -0.465. The van der Waals surface area contributed by atoms with Crippen molar-refractivity contribution in [3.63, 3.8) is 0 Å². The molecule has 2 fully saturated rings. The molecule has 1 aliphatic carbocycles. The minimum atomic E-state index is -3.82. The van der Waals surface area contributed by atoms with Crippen LogP contribution in [-0.2, 0) is 30.6 Å². The third kappa shape index (κ3) is 10.3. The molecule has 278 valence electrons. The van der Waals surface area contributed by atoms with Crippen molar-refractivity contribution in [2.45, 2.75) is 115 Å². The highest BCUT2D eigenvalue weighted by Crippen LogP contribution is 2.39. The molecule has 2 amide bonds. The number of amides is 2. The minimum absolute atomic E-state index is 0.0415. The Bertz CT molecular complexity index is 1570. The lowest BCUT2D eigenvalue weighted by molar-refractivity contribution is -0.133. The van der Waals surface area contributed by atoms with Gasteiger partial charge in [0.15, 0.2) is 20.7 Å². The lowest BCUT2D eigenvalue weighted by Gasteiger charge is -2.47. The molecular weight excluding hydrogens is 679 g/mol. The number of fused-ring (bicyclic) bond motifs is 1. The number of aromatic nitrogens is 1. The molecule has 1 aromatic carbocycles. The van der Waals surface area contributed by atoms with Crippen LogP contribution in [0.1, 0.15) is 89.7 Å². The fourth-order valence-electron chi connectivity index (χ4n) is 6.94. The minimum Gasteiger partial charge on any atom is -0.461 e. The van der Waals surface area contributed by atoms with Crippen LogP contribution in [-0.4, -0.2) is 102 Å². The van der Waals surface area contributed by atoms with E-state index in [0.29, 0.717) is 24.8 Å². The maximum Gasteiger partial charge on any atom is 0.357 e. The Labute approximate surface area is 301 Å². The second-order valence-electron chi connectivity index (χ2n) is 15.3. The van der Waals surface area contributed by atoms with Crippen molar-refractivity contribution in [3.8, 4) is 0 Å². The molecule has 0 spiro atoms. The van der Waals surface area contributed by atoms with Gasteiger partial charge >= 0.3 is 5.97 Å². The van der Waals surface area contributed by atoms with E-state index in [1.165, 1.54) is 19.2 Å². The molecule has 1 aromatic heterocycles. The highest BCUT2D eigenvalue weighted by molar-refractivity contribution is 7.92. The molecule has 1 saturated heterocycles. The van der Waals surface area contributed by atoms with Crippen molar-refractivity contribution in [2.24, 2.45) is 11.8 Å². The van der Waals surface area contributed by atoms with Gasteiger partial charge in [-0.05, 0) is 78.2 Å². The summed E-state index contributed by atoms with van der Waals surface area (Å²) in [6.07, 6.45) is 5.43. The molecule has 0 radical (unpaired) electrons. The van der Waals surface area contributed by atoms with Crippen LogP contribution in [0.2, 0.25) is 0 Å². The average molecular weight is 734 g/mol. The smallest absolute Gasteiger partial charge is 0.357 e. The first-order valence-corrected chi connectivity index (χ1v) is 20.3. The molecule has 4 rings (SSSR count). The number of nitrogens with one attached hydrogen (secondary N) is 3. The summed E-state index contributed by atoms with van der Waals surface area (Å²) < 4.78 is 29.6. The summed E-state index contributed by atoms with van der Waals surface area (Å²) >= 11 is 1.05. The first-order chi connectivity index (χ1) is 23.4. The van der Waals surface area contributed by atoms with Gasteiger partial charge in [-0.2, -0.15) is 0 Å². The van der Waals surface area contributed by atoms with Gasteiger partial charge in [0.2, 0.25) is 11.8 Å². The largest absolute Gasteiger partial charge is 0.461 e. The monoisotopic (exact) mass is 733 g/mol. The standard InChI is InChI=1S/C36H55N5O7S2/c1-8-48-33(45)27-22-49-34(38-27)39-30(36(5,6)50(7,46)47)32(44)37-26(18-23-14-10-9-11-15-23)29(42)21-41-20-25-17-13-12-16-24(25)19-28(41)31(43)40-35(2,3)4/h9-11,14-15,22,24-26,28-30,42H,8,12-13,16-21H2,1-7H3,(H,37,44)(H,38,39)(H,40,43). The van der Waals surface area contributed by atoms with Gasteiger partial charge in [0.1, 0.15) is 6.04 Å². The van der Waals surface area contributed by atoms with Crippen molar-refractivity contribution < 1.29 is 32.6 Å². The van der Waals surface area contributed by atoms with E-state index in [0.717, 1.165) is 48.8 Å². The SMILES string of the molecule is CCOC(=O)c1csc(NC(C(=O)NC(Cc2ccccc2)C(O)CN2CC3CCCCC3CC2C(=O)NC(C)(C)C)C(C)(C)S(C)(=O)=O)n1. The lowest BCUT2D eigenvalue weighted by Crippen LogP contribution is -2.62. The van der Waals surface area contributed by atoms with Gasteiger partial charge in [0, 0.05) is 30.3 Å². The number of sulfone groups is 1. The number of benzene rings is 1. The number of rotatable bonds is 14. The van der Waals surface area contributed by atoms with Crippen molar-refractivity contribution in [3.05, 3.63) is 47.0 Å². The fourth-order valence-corrected chi connectivity index (χ4v) is 8.25. The molecule has 6 atom stereocenters. The number of esters is 1. The predicted octanol–water partition coefficient (Wildman–Crippen LogP) is 3.81. The number of hydrogen-bond acceptors (Lipinski definition) is 11. The van der Waals surface area contributed by atoms with Crippen LogP contribution in [0.4, 0.5) is 5.13 Å². The number of β-amino-alcohol motifs (C(OH)–C–C–N with tert-alkyl or cyclic N) is 1. The van der Waals surface area contributed by atoms with Crippen LogP contribution in [0, 0.1) is 11.8 Å². The highest BCUT2D eigenvalue weighted by atomic mass is 32.2. The van der Waals surface area contributed by atoms with Crippen LogP contribution >= 0.6 is 11.3 Å². The van der Waals surface area contributed by atoms with E-state index in [2.05, 4.69) is 25.8 Å². The number of anilines is 1. The van der Waals surface area contributed by atoms with Gasteiger partial charge < -0.3 is 25.8 Å². The Balaban J connectivity index is 1.63. The van der Waals surface area contributed by atoms with Gasteiger partial charge in [0.25, 0.3) is 0 Å². The Kier molecular flexibility index (Phi) is 13.1. The number of carbonyl (C=O) groups excluding carboxylic acids is 3. The van der Waals surface area contributed by atoms with Crippen LogP contribution in [0.3, 0.4) is 0 Å². The fraction of sp³-hybridized carbons (Fsp3) is 0.667. The molecule has 1 aliphatic heterocycles. The Morgan fingerprint density at radius 2 is 1.74 bits per heavy atom. The molecule has 0 bridgehead atoms. The third-order valence-corrected chi connectivity index (χ3v) is 12.9. The van der Waals surface area contributed by atoms with Crippen LogP contribution in [0.25, 0.3) is 0 Å². The van der Waals surface area contributed by atoms with E-state index >= 15 is 0 Å². The molecule has 1 saturated carbocycles. The molecule has 6 unspecified atom stereocenters. The van der Waals surface area contributed by atoms with Crippen LogP contribution in [0.15, 0.2) is 35.7 Å². The second kappa shape index (κ2) is 16.5. The maximum atomic E-state index is 14.3. The number of thiazole rings is 1. The first-order valence-electron chi connectivity index (χ1n) is 17.6. The van der Waals surface area contributed by atoms with Crippen molar-refractivity contribution in [2.75, 3.05) is 31.3 Å². The van der Waals surface area contributed by atoms with Crippen molar-refractivity contribution in [1.82, 2.24) is 20.5 Å². The summed E-state index contributed by atoms with van der Waals surface area (Å²) in [7, 11) is -3.82. The predicted molar refractivity (Wildman–Crippen MR) is 196 cm³/mol. The van der Waals surface area contributed by atoms with Gasteiger partial charge in [0.05, 0.1) is 29.5 Å². The zero-order valence-corrected chi connectivity index (χ0v) is 32.0. The molecule has 2 aromatic rings. The van der Waals surface area contributed by atoms with E-state index in [4.69, 9.17) is 4.74 Å². The summed E-state index contributed by atoms with van der Waals surface area (Å²) in [6, 6.07) is 6.85. The zero-order valence-electron chi connectivity index (χ0n) is 30.4. The van der Waals surface area contributed by atoms with Gasteiger partial charge in [-0.15, -0.1) is 11.3 Å². The van der Waals surface area contributed by atoms with E-state index in [-0.39, 0.29) is 36.3 Å². The molecule has 2 heterocycles. The normalized spacial score (nSPS) is 22.0. The van der Waals surface area contributed by atoms with Crippen molar-refractivity contribution in [1.29, 1.82) is 0 Å². The topological polar surface area (TPSA) is 167 Å². The number of piperidine rings is 1. The number of aliphatic hydroxyl groups excluding tert-OH is 1. The highest BCUT2D eigenvalue weighted by Gasteiger charge is 2.46. The molecule has 2 aliphatic rings. The van der Waals surface area contributed by atoms with E-state index in [1.807, 2.05) is 51.1 Å². The molecule has 14 heteroatoms. The number of carbonyl (C=O) groups is 3. The van der Waals surface area contributed by atoms with E-state index in [1.54, 1.807) is 6.92 Å². The number of nitrogens with zero attached hydrogens (tertiary/aromatic N) is 2. The van der Waals surface area contributed by atoms with Crippen LogP contribution < -0.4 is 16.0 Å². The number of hydrogen-bond donors (Lipinski definition) is 4. The molecule has 4 N–H and O–H groups in total. The summed E-state index contributed by atoms with van der Waals surface area (Å²) in [5, 5.41) is 22.7. The van der Waals surface area contributed by atoms with Crippen LogP contribution in [0.5, 0.6) is 0 Å².